The third-order valence-corrected chi connectivity index (χ3v) is 0.941. The first-order valence-electron chi connectivity index (χ1n) is 1.89. The zero-order chi connectivity index (χ0) is 8.91. The van der Waals surface area contributed by atoms with Crippen LogP contribution in [0.3, 0.4) is 0 Å². The van der Waals surface area contributed by atoms with Crippen LogP contribution in [0.15, 0.2) is 0 Å². The molecule has 0 heterocycles. The fourth-order valence-corrected chi connectivity index (χ4v) is 0.485. The maximum absolute atomic E-state index is 10.2. The molecule has 0 aliphatic rings. The Hall–Kier alpha value is -1.36. The summed E-state index contributed by atoms with van der Waals surface area (Å²) in [5.74, 6) is 0. The summed E-state index contributed by atoms with van der Waals surface area (Å²) in [5.41, 5.74) is 0. The monoisotopic (exact) mass is 184 g/mol. The molecule has 0 amide bonds. The molecule has 1 atom stereocenters. The van der Waals surface area contributed by atoms with Crippen molar-refractivity contribution < 1.29 is 28.7 Å². The van der Waals surface area contributed by atoms with Crippen LogP contribution in [0.25, 0.3) is 0 Å². The van der Waals surface area contributed by atoms with E-state index in [-0.39, 0.29) is 0 Å². The SMILES string of the molecule is N#COOP(=O)(O)O[N+](=O)[O-]. The van der Waals surface area contributed by atoms with Gasteiger partial charge in [0.2, 0.25) is 0 Å². The number of rotatable bonds is 4. The Balaban J connectivity index is 3.93. The van der Waals surface area contributed by atoms with E-state index in [0.29, 0.717) is 0 Å². The van der Waals surface area contributed by atoms with E-state index in [4.69, 9.17) is 10.2 Å². The van der Waals surface area contributed by atoms with Crippen LogP contribution >= 0.6 is 7.82 Å². The van der Waals surface area contributed by atoms with E-state index < -0.39 is 12.9 Å². The smallest absolute Gasteiger partial charge is 0.302 e. The standard InChI is InChI=1S/CHN2O7P/c2-1-8-10-11(6,7)9-3(4)5/h(H,6,7). The van der Waals surface area contributed by atoms with E-state index in [1.807, 2.05) is 0 Å². The molecule has 0 bridgehead atoms. The lowest BCUT2D eigenvalue weighted by Gasteiger charge is -2.02. The van der Waals surface area contributed by atoms with Crippen molar-refractivity contribution in [2.75, 3.05) is 0 Å². The summed E-state index contributed by atoms with van der Waals surface area (Å²) in [6.07, 6.45) is 0.840. The van der Waals surface area contributed by atoms with Gasteiger partial charge in [0.1, 0.15) is 0 Å². The van der Waals surface area contributed by atoms with E-state index in [9.17, 15) is 14.7 Å². The molecule has 0 aliphatic heterocycles. The van der Waals surface area contributed by atoms with Gasteiger partial charge in [-0.3, -0.25) is 0 Å². The van der Waals surface area contributed by atoms with Crippen LogP contribution < -0.4 is 0 Å². The van der Waals surface area contributed by atoms with Crippen LogP contribution in [-0.2, 0) is 18.8 Å². The summed E-state index contributed by atoms with van der Waals surface area (Å²) in [6.45, 7) is 0. The lowest BCUT2D eigenvalue weighted by atomic mass is 11.6. The normalized spacial score (nSPS) is 14.2. The molecular formula is CHN2O7P. The predicted octanol–water partition coefficient (Wildman–Crippen LogP) is -0.276. The minimum atomic E-state index is -4.91. The Morgan fingerprint density at radius 3 is 2.64 bits per heavy atom. The van der Waals surface area contributed by atoms with Crippen molar-refractivity contribution in [3.63, 3.8) is 0 Å². The van der Waals surface area contributed by atoms with Crippen molar-refractivity contribution in [3.8, 4) is 6.26 Å². The highest BCUT2D eigenvalue weighted by atomic mass is 31.2. The van der Waals surface area contributed by atoms with Gasteiger partial charge in [-0.25, -0.2) is 9.45 Å². The van der Waals surface area contributed by atoms with Gasteiger partial charge in [-0.2, -0.15) is 4.62 Å². The average Bonchev–Trinajstić information content (AvgIpc) is 1.81. The Labute approximate surface area is 59.4 Å². The molecule has 10 heteroatoms. The van der Waals surface area contributed by atoms with E-state index in [1.165, 1.54) is 0 Å². The molecule has 11 heavy (non-hydrogen) atoms. The minimum Gasteiger partial charge on any atom is -0.302 e. The van der Waals surface area contributed by atoms with Gasteiger partial charge in [-0.15, -0.1) is 15.4 Å². The third-order valence-electron chi connectivity index (χ3n) is 0.339. The molecule has 0 fully saturated rings. The molecule has 0 spiro atoms. The zero-order valence-electron chi connectivity index (χ0n) is 4.74. The van der Waals surface area contributed by atoms with Crippen molar-refractivity contribution in [1.82, 2.24) is 0 Å². The second-order valence-electron chi connectivity index (χ2n) is 1.02. The maximum atomic E-state index is 10.2. The quantitative estimate of drug-likeness (QED) is 0.207. The molecule has 0 aromatic heterocycles. The topological polar surface area (TPSA) is 132 Å². The fourth-order valence-electron chi connectivity index (χ4n) is 0.162. The third kappa shape index (κ3) is 5.10. The molecule has 0 aliphatic carbocycles. The van der Waals surface area contributed by atoms with Crippen LogP contribution in [0.2, 0.25) is 0 Å². The molecule has 0 aromatic carbocycles. The van der Waals surface area contributed by atoms with E-state index >= 15 is 0 Å². The first kappa shape index (κ1) is 9.64. The second kappa shape index (κ2) is 3.72. The molecule has 0 aromatic rings. The fraction of sp³-hybridized carbons (Fsp3) is 0. The van der Waals surface area contributed by atoms with Crippen molar-refractivity contribution in [1.29, 1.82) is 5.26 Å². The van der Waals surface area contributed by atoms with Gasteiger partial charge in [0.05, 0.1) is 0 Å². The van der Waals surface area contributed by atoms with Crippen LogP contribution in [0.1, 0.15) is 0 Å². The van der Waals surface area contributed by atoms with Gasteiger partial charge in [0.25, 0.3) is 0 Å². The van der Waals surface area contributed by atoms with Crippen LogP contribution in [-0.4, -0.2) is 9.98 Å². The van der Waals surface area contributed by atoms with E-state index in [2.05, 4.69) is 14.2 Å². The Kier molecular flexibility index (Phi) is 3.26. The van der Waals surface area contributed by atoms with Crippen LogP contribution in [0.5, 0.6) is 0 Å². The molecule has 0 saturated heterocycles. The van der Waals surface area contributed by atoms with Crippen molar-refractivity contribution in [3.05, 3.63) is 10.1 Å². The van der Waals surface area contributed by atoms with Crippen molar-refractivity contribution in [2.45, 2.75) is 0 Å². The molecule has 1 unspecified atom stereocenters. The number of nitriles is 1. The summed E-state index contributed by atoms with van der Waals surface area (Å²) in [5, 5.41) is 15.5. The molecule has 0 saturated carbocycles. The summed E-state index contributed by atoms with van der Waals surface area (Å²) in [6, 6.07) is 0. The number of phosphoric acid groups is 1. The Bertz CT molecular complexity index is 229. The molecule has 62 valence electrons. The minimum absolute atomic E-state index is 0.840. The lowest BCUT2D eigenvalue weighted by molar-refractivity contribution is -0.719. The van der Waals surface area contributed by atoms with Gasteiger partial charge in [-0.1, -0.05) is 4.67 Å². The van der Waals surface area contributed by atoms with Crippen molar-refractivity contribution in [2.24, 2.45) is 0 Å². The summed E-state index contributed by atoms with van der Waals surface area (Å²) in [4.78, 5) is 20.9. The number of hydrogen-bond acceptors (Lipinski definition) is 7. The largest absolute Gasteiger partial charge is 0.539 e. The van der Waals surface area contributed by atoms with Gasteiger partial charge in [-0.05, 0) is 0 Å². The highest BCUT2D eigenvalue weighted by Crippen LogP contribution is 2.42. The number of nitrogens with zero attached hydrogens (tertiary/aromatic N) is 2. The maximum Gasteiger partial charge on any atom is 0.539 e. The Morgan fingerprint density at radius 2 is 2.27 bits per heavy atom. The van der Waals surface area contributed by atoms with E-state index in [1.54, 1.807) is 0 Å². The predicted molar refractivity (Wildman–Crippen MR) is 25.7 cm³/mol. The molecule has 0 radical (unpaired) electrons. The van der Waals surface area contributed by atoms with Gasteiger partial charge in [0, 0.05) is 0 Å². The molecule has 0 rings (SSSR count). The Morgan fingerprint density at radius 1 is 1.73 bits per heavy atom. The van der Waals surface area contributed by atoms with Gasteiger partial charge >= 0.3 is 19.2 Å². The summed E-state index contributed by atoms with van der Waals surface area (Å²) >= 11 is 0. The second-order valence-corrected chi connectivity index (χ2v) is 2.27. The summed E-state index contributed by atoms with van der Waals surface area (Å²) in [7, 11) is -4.91. The first-order valence-corrected chi connectivity index (χ1v) is 3.39. The van der Waals surface area contributed by atoms with Gasteiger partial charge < -0.3 is 4.89 Å². The van der Waals surface area contributed by atoms with Crippen molar-refractivity contribution >= 4 is 7.82 Å². The zero-order valence-corrected chi connectivity index (χ0v) is 5.63. The number of hydrogen-bond donors (Lipinski definition) is 1. The van der Waals surface area contributed by atoms with Gasteiger partial charge in [0.15, 0.2) is 0 Å². The molecular weight excluding hydrogens is 183 g/mol. The average molecular weight is 184 g/mol. The molecule has 1 N–H and O–H groups in total. The first-order chi connectivity index (χ1) is 4.98. The highest BCUT2D eigenvalue weighted by molar-refractivity contribution is 7.47. The molecule has 9 nitrogen and oxygen atoms in total. The lowest BCUT2D eigenvalue weighted by Crippen LogP contribution is -2.00. The van der Waals surface area contributed by atoms with Crippen LogP contribution in [0.4, 0.5) is 0 Å². The highest BCUT2D eigenvalue weighted by Gasteiger charge is 2.27. The van der Waals surface area contributed by atoms with E-state index in [0.717, 1.165) is 6.26 Å². The summed E-state index contributed by atoms with van der Waals surface area (Å²) < 4.78 is 16.5. The van der Waals surface area contributed by atoms with Crippen LogP contribution in [0, 0.1) is 21.6 Å².